The van der Waals surface area contributed by atoms with E-state index in [4.69, 9.17) is 5.10 Å². The number of aromatic nitrogens is 2. The van der Waals surface area contributed by atoms with E-state index in [9.17, 15) is 9.59 Å². The third-order valence-electron chi connectivity index (χ3n) is 4.84. The second-order valence-corrected chi connectivity index (χ2v) is 10.7. The lowest BCUT2D eigenvalue weighted by Crippen LogP contribution is -2.54. The number of piperazine rings is 1. The number of nitrogens with one attached hydrogen (secondary N) is 1. The van der Waals surface area contributed by atoms with Crippen molar-refractivity contribution in [2.24, 2.45) is 5.41 Å². The smallest absolute Gasteiger partial charge is 0.323 e. The normalized spacial score (nSPS) is 16.3. The highest BCUT2D eigenvalue weighted by molar-refractivity contribution is 5.89. The quantitative estimate of drug-likeness (QED) is 0.794. The summed E-state index contributed by atoms with van der Waals surface area (Å²) >= 11 is 0. The number of rotatable bonds is 1. The van der Waals surface area contributed by atoms with Gasteiger partial charge in [-0.05, 0) is 20.8 Å². The molecule has 1 fully saturated rings. The summed E-state index contributed by atoms with van der Waals surface area (Å²) in [4.78, 5) is 28.9. The molecule has 158 valence electrons. The van der Waals surface area contributed by atoms with E-state index in [2.05, 4.69) is 46.9 Å². The number of carbonyl (C=O) groups excluding carboxylic acids is 2. The summed E-state index contributed by atoms with van der Waals surface area (Å²) in [5.74, 6) is 0.837. The molecule has 7 nitrogen and oxygen atoms in total. The predicted octanol–water partition coefficient (Wildman–Crippen LogP) is 3.66. The van der Waals surface area contributed by atoms with Crippen molar-refractivity contribution >= 4 is 17.8 Å². The van der Waals surface area contributed by atoms with Crippen LogP contribution in [0.15, 0.2) is 6.07 Å². The zero-order valence-corrected chi connectivity index (χ0v) is 19.0. The Hall–Kier alpha value is -2.05. The van der Waals surface area contributed by atoms with Crippen molar-refractivity contribution in [3.63, 3.8) is 0 Å². The number of nitrogens with zero attached hydrogens (tertiary/aromatic N) is 4. The van der Waals surface area contributed by atoms with Crippen molar-refractivity contribution in [2.45, 2.75) is 73.3 Å². The van der Waals surface area contributed by atoms with Crippen LogP contribution in [0.1, 0.15) is 68.0 Å². The van der Waals surface area contributed by atoms with Crippen LogP contribution in [0.4, 0.5) is 10.6 Å². The summed E-state index contributed by atoms with van der Waals surface area (Å²) in [6, 6.07) is 1.82. The van der Waals surface area contributed by atoms with E-state index in [0.29, 0.717) is 32.0 Å². The van der Waals surface area contributed by atoms with Gasteiger partial charge < -0.3 is 9.80 Å². The van der Waals surface area contributed by atoms with Gasteiger partial charge in [0.2, 0.25) is 5.91 Å². The highest BCUT2D eigenvalue weighted by Crippen LogP contribution is 2.28. The molecule has 7 heteroatoms. The predicted molar refractivity (Wildman–Crippen MR) is 113 cm³/mol. The Morgan fingerprint density at radius 3 is 1.82 bits per heavy atom. The van der Waals surface area contributed by atoms with Gasteiger partial charge in [0, 0.05) is 43.1 Å². The Morgan fingerprint density at radius 2 is 1.39 bits per heavy atom. The van der Waals surface area contributed by atoms with Crippen LogP contribution in [0.25, 0.3) is 0 Å². The van der Waals surface area contributed by atoms with Gasteiger partial charge in [-0.25, -0.2) is 9.48 Å². The number of hydrogen-bond donors (Lipinski definition) is 1. The van der Waals surface area contributed by atoms with Gasteiger partial charge in [-0.1, -0.05) is 41.5 Å². The lowest BCUT2D eigenvalue weighted by Gasteiger charge is -2.37. The van der Waals surface area contributed by atoms with Crippen LogP contribution >= 0.6 is 0 Å². The van der Waals surface area contributed by atoms with Crippen LogP contribution in [-0.2, 0) is 15.7 Å². The molecule has 1 aromatic heterocycles. The molecule has 1 aromatic rings. The van der Waals surface area contributed by atoms with E-state index in [-0.39, 0.29) is 22.9 Å². The molecule has 0 radical (unpaired) electrons. The molecule has 0 unspecified atom stereocenters. The summed E-state index contributed by atoms with van der Waals surface area (Å²) in [6.07, 6.45) is 0. The summed E-state index contributed by atoms with van der Waals surface area (Å²) in [5.41, 5.74) is 0.199. The first-order valence-electron chi connectivity index (χ1n) is 10.1. The fourth-order valence-electron chi connectivity index (χ4n) is 3.12. The van der Waals surface area contributed by atoms with Crippen molar-refractivity contribution in [1.82, 2.24) is 19.6 Å². The maximum absolute atomic E-state index is 12.8. The van der Waals surface area contributed by atoms with E-state index >= 15 is 0 Å². The SMILES string of the molecule is CC(C)(C)C(=O)N1CCN(C(=O)Nc2cc(C(C)(C)C)nn2C(C)(C)C)CC1. The van der Waals surface area contributed by atoms with Gasteiger partial charge in [0.15, 0.2) is 0 Å². The van der Waals surface area contributed by atoms with E-state index in [1.165, 1.54) is 0 Å². The third kappa shape index (κ3) is 5.06. The fourth-order valence-corrected chi connectivity index (χ4v) is 3.12. The molecule has 1 saturated heterocycles. The van der Waals surface area contributed by atoms with Crippen LogP contribution < -0.4 is 5.32 Å². The number of amides is 3. The first kappa shape index (κ1) is 22.2. The lowest BCUT2D eigenvalue weighted by molar-refractivity contribution is -0.140. The maximum Gasteiger partial charge on any atom is 0.323 e. The van der Waals surface area contributed by atoms with Gasteiger partial charge in [0.25, 0.3) is 0 Å². The monoisotopic (exact) mass is 391 g/mol. The van der Waals surface area contributed by atoms with Crippen molar-refractivity contribution in [3.05, 3.63) is 11.8 Å². The van der Waals surface area contributed by atoms with Gasteiger partial charge in [0.05, 0.1) is 11.2 Å². The molecular weight excluding hydrogens is 354 g/mol. The second-order valence-electron chi connectivity index (χ2n) is 10.7. The van der Waals surface area contributed by atoms with Gasteiger partial charge >= 0.3 is 6.03 Å². The Balaban J connectivity index is 2.10. The summed E-state index contributed by atoms with van der Waals surface area (Å²) in [5, 5.41) is 7.78. The molecular formula is C21H37N5O2. The first-order chi connectivity index (χ1) is 12.6. The van der Waals surface area contributed by atoms with Crippen molar-refractivity contribution in [1.29, 1.82) is 0 Å². The lowest BCUT2D eigenvalue weighted by atomic mass is 9.92. The largest absolute Gasteiger partial charge is 0.339 e. The van der Waals surface area contributed by atoms with Gasteiger partial charge in [0.1, 0.15) is 5.82 Å². The zero-order chi connectivity index (χ0) is 21.5. The molecule has 0 spiro atoms. The minimum Gasteiger partial charge on any atom is -0.339 e. The molecule has 1 aliphatic rings. The first-order valence-corrected chi connectivity index (χ1v) is 10.1. The third-order valence-corrected chi connectivity index (χ3v) is 4.84. The van der Waals surface area contributed by atoms with Gasteiger partial charge in [-0.15, -0.1) is 0 Å². The molecule has 3 amide bonds. The van der Waals surface area contributed by atoms with Crippen LogP contribution in [-0.4, -0.2) is 57.7 Å². The minimum absolute atomic E-state index is 0.102. The molecule has 2 heterocycles. The van der Waals surface area contributed by atoms with E-state index in [0.717, 1.165) is 5.69 Å². The summed E-state index contributed by atoms with van der Waals surface area (Å²) < 4.78 is 1.88. The van der Waals surface area contributed by atoms with Crippen molar-refractivity contribution in [3.8, 4) is 0 Å². The van der Waals surface area contributed by atoms with Crippen LogP contribution in [0.5, 0.6) is 0 Å². The van der Waals surface area contributed by atoms with E-state index < -0.39 is 5.41 Å². The number of hydrogen-bond acceptors (Lipinski definition) is 3. The zero-order valence-electron chi connectivity index (χ0n) is 19.0. The highest BCUT2D eigenvalue weighted by atomic mass is 16.2. The Morgan fingerprint density at radius 1 is 0.893 bits per heavy atom. The Labute approximate surface area is 169 Å². The molecule has 0 atom stereocenters. The average molecular weight is 392 g/mol. The highest BCUT2D eigenvalue weighted by Gasteiger charge is 2.32. The topological polar surface area (TPSA) is 70.5 Å². The minimum atomic E-state index is -0.396. The Bertz CT molecular complexity index is 723. The van der Waals surface area contributed by atoms with E-state index in [1.54, 1.807) is 4.90 Å². The van der Waals surface area contributed by atoms with E-state index in [1.807, 2.05) is 36.4 Å². The van der Waals surface area contributed by atoms with Crippen molar-refractivity contribution < 1.29 is 9.59 Å². The van der Waals surface area contributed by atoms with Crippen LogP contribution in [0.3, 0.4) is 0 Å². The number of carbonyl (C=O) groups is 2. The molecule has 0 aromatic carbocycles. The molecule has 0 aliphatic carbocycles. The molecule has 1 N–H and O–H groups in total. The second kappa shape index (κ2) is 7.41. The number of urea groups is 1. The summed E-state index contributed by atoms with van der Waals surface area (Å²) in [7, 11) is 0. The standard InChI is InChI=1S/C21H37N5O2/c1-19(2,3)15-14-16(26(23-15)21(7,8)9)22-18(28)25-12-10-24(11-13-25)17(27)20(4,5)6/h14H,10-13H2,1-9H3,(H,22,28). The van der Waals surface area contributed by atoms with Crippen molar-refractivity contribution in [2.75, 3.05) is 31.5 Å². The number of anilines is 1. The van der Waals surface area contributed by atoms with Gasteiger partial charge in [-0.2, -0.15) is 5.10 Å². The maximum atomic E-state index is 12.8. The summed E-state index contributed by atoms with van der Waals surface area (Å²) in [6.45, 7) is 20.5. The van der Waals surface area contributed by atoms with Crippen LogP contribution in [0, 0.1) is 5.41 Å². The molecule has 28 heavy (non-hydrogen) atoms. The average Bonchev–Trinajstić information content (AvgIpc) is 2.97. The molecule has 2 rings (SSSR count). The van der Waals surface area contributed by atoms with Crippen LogP contribution in [0.2, 0.25) is 0 Å². The molecule has 1 aliphatic heterocycles. The van der Waals surface area contributed by atoms with Gasteiger partial charge in [-0.3, -0.25) is 10.1 Å². The Kier molecular flexibility index (Phi) is 5.89. The molecule has 0 saturated carbocycles. The fraction of sp³-hybridized carbons (Fsp3) is 0.762. The molecule has 0 bridgehead atoms.